The Labute approximate surface area is 134 Å². The van der Waals surface area contributed by atoms with Gasteiger partial charge in [0, 0.05) is 25.0 Å². The van der Waals surface area contributed by atoms with Crippen LogP contribution in [0.2, 0.25) is 0 Å². The van der Waals surface area contributed by atoms with Crippen molar-refractivity contribution >= 4 is 12.0 Å². The van der Waals surface area contributed by atoms with E-state index in [0.29, 0.717) is 44.3 Å². The number of likely N-dealkylation sites (tertiary alicyclic amines) is 1. The van der Waals surface area contributed by atoms with Crippen molar-refractivity contribution < 1.29 is 19.1 Å². The minimum atomic E-state index is -0.745. The standard InChI is InChI=1S/C17H21FN2O3/c18-15-4-2-1-3-14(15)12-9-20(10-12)17(23)19-13-7-5-11(6-8-13)16(21)22/h1-4,11-13H,5-10H2,(H,19,23)(H,21,22). The van der Waals surface area contributed by atoms with Gasteiger partial charge in [0.25, 0.3) is 0 Å². The second-order valence-electron chi connectivity index (χ2n) is 6.46. The van der Waals surface area contributed by atoms with Crippen LogP contribution in [0.4, 0.5) is 9.18 Å². The monoisotopic (exact) mass is 320 g/mol. The van der Waals surface area contributed by atoms with Crippen molar-refractivity contribution in [1.29, 1.82) is 0 Å². The highest BCUT2D eigenvalue weighted by Crippen LogP contribution is 2.29. The van der Waals surface area contributed by atoms with E-state index in [2.05, 4.69) is 5.32 Å². The topological polar surface area (TPSA) is 69.6 Å². The lowest BCUT2D eigenvalue weighted by Crippen LogP contribution is -2.55. The average molecular weight is 320 g/mol. The third-order valence-electron chi connectivity index (χ3n) is 4.92. The van der Waals surface area contributed by atoms with Crippen LogP contribution in [0.15, 0.2) is 24.3 Å². The van der Waals surface area contributed by atoms with Crippen LogP contribution in [0, 0.1) is 11.7 Å². The minimum Gasteiger partial charge on any atom is -0.481 e. The number of hydrogen-bond donors (Lipinski definition) is 2. The molecule has 0 aromatic heterocycles. The molecule has 1 aliphatic heterocycles. The van der Waals surface area contributed by atoms with Gasteiger partial charge in [0.1, 0.15) is 5.82 Å². The molecule has 1 saturated heterocycles. The summed E-state index contributed by atoms with van der Waals surface area (Å²) in [5, 5.41) is 11.9. The number of rotatable bonds is 3. The number of carboxylic acids is 1. The van der Waals surface area contributed by atoms with E-state index in [9.17, 15) is 14.0 Å². The molecule has 0 bridgehead atoms. The number of carbonyl (C=O) groups is 2. The number of carboxylic acid groups (broad SMARTS) is 1. The third-order valence-corrected chi connectivity index (χ3v) is 4.92. The largest absolute Gasteiger partial charge is 0.481 e. The average Bonchev–Trinajstić information content (AvgIpc) is 2.48. The SMILES string of the molecule is O=C(O)C1CCC(NC(=O)N2CC(c3ccccc3F)C2)CC1. The van der Waals surface area contributed by atoms with Crippen molar-refractivity contribution in [3.8, 4) is 0 Å². The molecule has 1 aromatic rings. The number of halogens is 1. The first-order valence-electron chi connectivity index (χ1n) is 8.07. The number of amides is 2. The van der Waals surface area contributed by atoms with Gasteiger partial charge in [-0.25, -0.2) is 9.18 Å². The van der Waals surface area contributed by atoms with Crippen molar-refractivity contribution in [1.82, 2.24) is 10.2 Å². The van der Waals surface area contributed by atoms with Crippen LogP contribution in [0.3, 0.4) is 0 Å². The highest BCUT2D eigenvalue weighted by atomic mass is 19.1. The van der Waals surface area contributed by atoms with Crippen molar-refractivity contribution in [2.45, 2.75) is 37.6 Å². The van der Waals surface area contributed by atoms with Gasteiger partial charge >= 0.3 is 12.0 Å². The number of aliphatic carboxylic acids is 1. The van der Waals surface area contributed by atoms with Crippen LogP contribution in [0.25, 0.3) is 0 Å². The number of benzene rings is 1. The van der Waals surface area contributed by atoms with Gasteiger partial charge in [-0.15, -0.1) is 0 Å². The number of nitrogens with zero attached hydrogens (tertiary/aromatic N) is 1. The van der Waals surface area contributed by atoms with E-state index in [1.807, 2.05) is 6.07 Å². The van der Waals surface area contributed by atoms with Crippen LogP contribution in [0.1, 0.15) is 37.2 Å². The van der Waals surface area contributed by atoms with E-state index < -0.39 is 5.97 Å². The van der Waals surface area contributed by atoms with E-state index in [1.165, 1.54) is 6.07 Å². The molecule has 1 aliphatic carbocycles. The van der Waals surface area contributed by atoms with Gasteiger partial charge in [-0.1, -0.05) is 18.2 Å². The zero-order valence-corrected chi connectivity index (χ0v) is 12.9. The molecule has 124 valence electrons. The van der Waals surface area contributed by atoms with E-state index in [1.54, 1.807) is 17.0 Å². The molecule has 1 saturated carbocycles. The molecule has 3 rings (SSSR count). The summed E-state index contributed by atoms with van der Waals surface area (Å²) in [4.78, 5) is 24.8. The first-order valence-corrected chi connectivity index (χ1v) is 8.07. The lowest BCUT2D eigenvalue weighted by molar-refractivity contribution is -0.142. The van der Waals surface area contributed by atoms with E-state index in [0.717, 1.165) is 0 Å². The van der Waals surface area contributed by atoms with Crippen molar-refractivity contribution in [2.75, 3.05) is 13.1 Å². The van der Waals surface area contributed by atoms with Gasteiger partial charge in [-0.3, -0.25) is 4.79 Å². The quantitative estimate of drug-likeness (QED) is 0.899. The number of carbonyl (C=O) groups excluding carboxylic acids is 1. The fraction of sp³-hybridized carbons (Fsp3) is 0.529. The van der Waals surface area contributed by atoms with Gasteiger partial charge in [0.05, 0.1) is 5.92 Å². The summed E-state index contributed by atoms with van der Waals surface area (Å²) in [6.45, 7) is 1.05. The Kier molecular flexibility index (Phi) is 4.50. The molecule has 2 amide bonds. The van der Waals surface area contributed by atoms with Gasteiger partial charge in [0.2, 0.25) is 0 Å². The van der Waals surface area contributed by atoms with Crippen molar-refractivity contribution in [3.05, 3.63) is 35.6 Å². The van der Waals surface area contributed by atoms with Crippen LogP contribution in [0.5, 0.6) is 0 Å². The lowest BCUT2D eigenvalue weighted by atomic mass is 9.86. The van der Waals surface area contributed by atoms with Crippen molar-refractivity contribution in [2.24, 2.45) is 5.92 Å². The molecule has 0 spiro atoms. The van der Waals surface area contributed by atoms with Crippen LogP contribution in [-0.2, 0) is 4.79 Å². The zero-order valence-electron chi connectivity index (χ0n) is 12.9. The maximum atomic E-state index is 13.7. The van der Waals surface area contributed by atoms with Gasteiger partial charge < -0.3 is 15.3 Å². The predicted molar refractivity (Wildman–Crippen MR) is 82.6 cm³/mol. The van der Waals surface area contributed by atoms with Crippen LogP contribution in [-0.4, -0.2) is 41.1 Å². The molecule has 23 heavy (non-hydrogen) atoms. The van der Waals surface area contributed by atoms with E-state index >= 15 is 0 Å². The molecule has 0 atom stereocenters. The maximum Gasteiger partial charge on any atom is 0.317 e. The highest BCUT2D eigenvalue weighted by Gasteiger charge is 2.34. The van der Waals surface area contributed by atoms with E-state index in [-0.39, 0.29) is 29.7 Å². The molecular formula is C17H21FN2O3. The molecule has 0 radical (unpaired) electrons. The molecule has 6 heteroatoms. The summed E-state index contributed by atoms with van der Waals surface area (Å²) in [6, 6.07) is 6.60. The second kappa shape index (κ2) is 6.56. The summed E-state index contributed by atoms with van der Waals surface area (Å²) in [5.41, 5.74) is 0.665. The molecule has 2 N–H and O–H groups in total. The second-order valence-corrected chi connectivity index (χ2v) is 6.46. The van der Waals surface area contributed by atoms with E-state index in [4.69, 9.17) is 5.11 Å². The summed E-state index contributed by atoms with van der Waals surface area (Å²) < 4.78 is 13.7. The molecule has 5 nitrogen and oxygen atoms in total. The van der Waals surface area contributed by atoms with Gasteiger partial charge in [0.15, 0.2) is 0 Å². The molecule has 1 aromatic carbocycles. The predicted octanol–water partition coefficient (Wildman–Crippen LogP) is 2.58. The summed E-state index contributed by atoms with van der Waals surface area (Å²) in [5.74, 6) is -1.18. The highest BCUT2D eigenvalue weighted by molar-refractivity contribution is 5.76. The Balaban J connectivity index is 1.45. The summed E-state index contributed by atoms with van der Waals surface area (Å²) in [6.07, 6.45) is 2.62. The van der Waals surface area contributed by atoms with Gasteiger partial charge in [-0.05, 0) is 37.3 Å². The minimum absolute atomic E-state index is 0.0469. The molecule has 0 unspecified atom stereocenters. The van der Waals surface area contributed by atoms with Crippen LogP contribution < -0.4 is 5.32 Å². The van der Waals surface area contributed by atoms with Crippen molar-refractivity contribution in [3.63, 3.8) is 0 Å². The fourth-order valence-electron chi connectivity index (χ4n) is 3.40. The Morgan fingerprint density at radius 1 is 1.13 bits per heavy atom. The zero-order chi connectivity index (χ0) is 16.4. The Morgan fingerprint density at radius 2 is 1.78 bits per heavy atom. The normalized spacial score (nSPS) is 24.8. The Bertz CT molecular complexity index is 593. The summed E-state index contributed by atoms with van der Waals surface area (Å²) >= 11 is 0. The Hall–Kier alpha value is -2.11. The van der Waals surface area contributed by atoms with Crippen LogP contribution >= 0.6 is 0 Å². The first-order chi connectivity index (χ1) is 11.0. The smallest absolute Gasteiger partial charge is 0.317 e. The Morgan fingerprint density at radius 3 is 2.39 bits per heavy atom. The molecule has 1 heterocycles. The maximum absolute atomic E-state index is 13.7. The number of nitrogens with one attached hydrogen (secondary N) is 1. The number of hydrogen-bond acceptors (Lipinski definition) is 2. The van der Waals surface area contributed by atoms with Gasteiger partial charge in [-0.2, -0.15) is 0 Å². The third kappa shape index (κ3) is 3.46. The lowest BCUT2D eigenvalue weighted by Gasteiger charge is -2.40. The molecular weight excluding hydrogens is 299 g/mol. The molecule has 2 aliphatic rings. The molecule has 2 fully saturated rings. The fourth-order valence-corrected chi connectivity index (χ4v) is 3.40. The first kappa shape index (κ1) is 15.8. The number of urea groups is 1. The summed E-state index contributed by atoms with van der Waals surface area (Å²) in [7, 11) is 0.